The molecule has 2 unspecified atom stereocenters. The van der Waals surface area contributed by atoms with Crippen LogP contribution in [0, 0.1) is 5.92 Å². The van der Waals surface area contributed by atoms with Crippen molar-refractivity contribution >= 4 is 12.1 Å². The molecule has 1 N–H and O–H groups in total. The highest BCUT2D eigenvalue weighted by atomic mass is 16.6. The lowest BCUT2D eigenvalue weighted by Gasteiger charge is -2.37. The smallest absolute Gasteiger partial charge is 0.410 e. The lowest BCUT2D eigenvalue weighted by molar-refractivity contribution is -0.0817. The highest BCUT2D eigenvalue weighted by molar-refractivity contribution is 5.80. The number of aliphatic imine (C=N–C) groups is 1. The second kappa shape index (κ2) is 10.7. The van der Waals surface area contributed by atoms with E-state index in [1.807, 2.05) is 25.7 Å². The van der Waals surface area contributed by atoms with Gasteiger partial charge in [0, 0.05) is 45.9 Å². The molecule has 3 aliphatic rings. The van der Waals surface area contributed by atoms with E-state index in [-0.39, 0.29) is 18.3 Å². The summed E-state index contributed by atoms with van der Waals surface area (Å²) < 4.78 is 17.3. The molecule has 0 aromatic rings. The fraction of sp³-hybridized carbons (Fsp3) is 0.909. The quantitative estimate of drug-likeness (QED) is 0.552. The molecule has 0 bridgehead atoms. The van der Waals surface area contributed by atoms with Gasteiger partial charge in [-0.3, -0.25) is 4.99 Å². The zero-order valence-corrected chi connectivity index (χ0v) is 19.2. The summed E-state index contributed by atoms with van der Waals surface area (Å²) in [5.41, 5.74) is -0.446. The van der Waals surface area contributed by atoms with Crippen LogP contribution in [0.3, 0.4) is 0 Å². The maximum atomic E-state index is 12.3. The molecule has 172 valence electrons. The number of guanidine groups is 1. The molecule has 3 rings (SSSR count). The van der Waals surface area contributed by atoms with Crippen LogP contribution < -0.4 is 5.32 Å². The van der Waals surface area contributed by atoms with Crippen molar-refractivity contribution in [3.05, 3.63) is 0 Å². The number of likely N-dealkylation sites (tertiary alicyclic amines) is 1. The van der Waals surface area contributed by atoms with Crippen LogP contribution in [-0.4, -0.2) is 92.1 Å². The van der Waals surface area contributed by atoms with Crippen molar-refractivity contribution in [2.75, 3.05) is 52.5 Å². The summed E-state index contributed by atoms with van der Waals surface area (Å²) in [6, 6.07) is 0. The number of amides is 1. The summed E-state index contributed by atoms with van der Waals surface area (Å²) in [5, 5.41) is 3.45. The third-order valence-electron chi connectivity index (χ3n) is 5.87. The summed E-state index contributed by atoms with van der Waals surface area (Å²) in [6.07, 6.45) is 4.28. The van der Waals surface area contributed by atoms with E-state index in [0.717, 1.165) is 77.5 Å². The largest absolute Gasteiger partial charge is 0.444 e. The van der Waals surface area contributed by atoms with Crippen LogP contribution >= 0.6 is 0 Å². The van der Waals surface area contributed by atoms with Gasteiger partial charge in [-0.15, -0.1) is 0 Å². The van der Waals surface area contributed by atoms with Gasteiger partial charge in [0.1, 0.15) is 11.7 Å². The molecular formula is C22H40N4O4. The van der Waals surface area contributed by atoms with Crippen LogP contribution in [0.2, 0.25) is 0 Å². The highest BCUT2D eigenvalue weighted by Gasteiger charge is 2.32. The Morgan fingerprint density at radius 3 is 2.43 bits per heavy atom. The Balaban J connectivity index is 1.49. The first-order valence-corrected chi connectivity index (χ1v) is 11.6. The average molecular weight is 425 g/mol. The Labute approximate surface area is 181 Å². The Morgan fingerprint density at radius 1 is 1.07 bits per heavy atom. The molecule has 0 radical (unpaired) electrons. The lowest BCUT2D eigenvalue weighted by atomic mass is 9.97. The molecule has 0 aromatic heterocycles. The van der Waals surface area contributed by atoms with Gasteiger partial charge in [-0.05, 0) is 59.3 Å². The SMILES string of the molecule is CCNC(=NCC1CCN(C(=O)OC(C)(C)C)CC1)N1CCOC(C2CCCO2)C1. The molecule has 2 atom stereocenters. The summed E-state index contributed by atoms with van der Waals surface area (Å²) in [5.74, 6) is 1.46. The summed E-state index contributed by atoms with van der Waals surface area (Å²) in [7, 11) is 0. The third-order valence-corrected chi connectivity index (χ3v) is 5.87. The van der Waals surface area contributed by atoms with E-state index in [0.29, 0.717) is 12.5 Å². The highest BCUT2D eigenvalue weighted by Crippen LogP contribution is 2.22. The minimum Gasteiger partial charge on any atom is -0.444 e. The van der Waals surface area contributed by atoms with Crippen molar-refractivity contribution in [2.45, 2.75) is 71.2 Å². The van der Waals surface area contributed by atoms with E-state index in [9.17, 15) is 4.79 Å². The lowest BCUT2D eigenvalue weighted by Crippen LogP contribution is -2.53. The Kier molecular flexibility index (Phi) is 8.22. The number of carbonyl (C=O) groups is 1. The number of piperidine rings is 1. The summed E-state index contributed by atoms with van der Waals surface area (Å²) in [6.45, 7) is 14.2. The van der Waals surface area contributed by atoms with Crippen molar-refractivity contribution < 1.29 is 19.0 Å². The van der Waals surface area contributed by atoms with Gasteiger partial charge < -0.3 is 29.3 Å². The molecule has 30 heavy (non-hydrogen) atoms. The van der Waals surface area contributed by atoms with Crippen LogP contribution in [0.25, 0.3) is 0 Å². The van der Waals surface area contributed by atoms with Crippen LogP contribution in [0.4, 0.5) is 4.79 Å². The molecule has 0 aliphatic carbocycles. The van der Waals surface area contributed by atoms with E-state index in [1.165, 1.54) is 0 Å². The van der Waals surface area contributed by atoms with Crippen LogP contribution in [0.5, 0.6) is 0 Å². The number of hydrogen-bond acceptors (Lipinski definition) is 5. The molecule has 3 saturated heterocycles. The average Bonchev–Trinajstić information content (AvgIpc) is 3.25. The molecule has 3 aliphatic heterocycles. The first-order chi connectivity index (χ1) is 14.4. The minimum absolute atomic E-state index is 0.127. The molecule has 0 spiro atoms. The predicted molar refractivity (Wildman–Crippen MR) is 117 cm³/mol. The second-order valence-corrected chi connectivity index (χ2v) is 9.51. The van der Waals surface area contributed by atoms with E-state index in [2.05, 4.69) is 17.1 Å². The van der Waals surface area contributed by atoms with E-state index < -0.39 is 5.60 Å². The van der Waals surface area contributed by atoms with Crippen molar-refractivity contribution in [1.29, 1.82) is 0 Å². The number of rotatable bonds is 4. The Bertz CT molecular complexity index is 578. The molecule has 3 fully saturated rings. The molecule has 0 aromatic carbocycles. The fourth-order valence-corrected chi connectivity index (χ4v) is 4.25. The van der Waals surface area contributed by atoms with E-state index >= 15 is 0 Å². The first kappa shape index (κ1) is 23.1. The molecular weight excluding hydrogens is 384 g/mol. The van der Waals surface area contributed by atoms with Gasteiger partial charge in [0.05, 0.1) is 12.7 Å². The molecule has 1 amide bonds. The number of nitrogens with zero attached hydrogens (tertiary/aromatic N) is 3. The zero-order valence-electron chi connectivity index (χ0n) is 19.2. The Hall–Kier alpha value is -1.54. The normalized spacial score (nSPS) is 26.7. The van der Waals surface area contributed by atoms with Crippen molar-refractivity contribution in [3.8, 4) is 0 Å². The molecule has 8 heteroatoms. The van der Waals surface area contributed by atoms with Gasteiger partial charge in [-0.2, -0.15) is 0 Å². The number of morpholine rings is 1. The van der Waals surface area contributed by atoms with Gasteiger partial charge >= 0.3 is 6.09 Å². The fourth-order valence-electron chi connectivity index (χ4n) is 4.25. The maximum absolute atomic E-state index is 12.3. The molecule has 8 nitrogen and oxygen atoms in total. The van der Waals surface area contributed by atoms with Crippen LogP contribution in [-0.2, 0) is 14.2 Å². The standard InChI is InChI=1S/C22H40N4O4/c1-5-23-20(26-12-14-29-19(16-26)18-7-6-13-28-18)24-15-17-8-10-25(11-9-17)21(27)30-22(2,3)4/h17-19H,5-16H2,1-4H3,(H,23,24). The minimum atomic E-state index is -0.446. The zero-order chi connectivity index (χ0) is 21.6. The van der Waals surface area contributed by atoms with E-state index in [1.54, 1.807) is 0 Å². The number of hydrogen-bond donors (Lipinski definition) is 1. The van der Waals surface area contributed by atoms with E-state index in [4.69, 9.17) is 19.2 Å². The third kappa shape index (κ3) is 6.74. The van der Waals surface area contributed by atoms with Crippen molar-refractivity contribution in [2.24, 2.45) is 10.9 Å². The van der Waals surface area contributed by atoms with Crippen LogP contribution in [0.15, 0.2) is 4.99 Å². The van der Waals surface area contributed by atoms with Crippen molar-refractivity contribution in [1.82, 2.24) is 15.1 Å². The topological polar surface area (TPSA) is 75.6 Å². The summed E-state index contributed by atoms with van der Waals surface area (Å²) >= 11 is 0. The van der Waals surface area contributed by atoms with Gasteiger partial charge in [0.2, 0.25) is 0 Å². The number of ether oxygens (including phenoxy) is 3. The van der Waals surface area contributed by atoms with Gasteiger partial charge in [-0.1, -0.05) is 0 Å². The van der Waals surface area contributed by atoms with Crippen molar-refractivity contribution in [3.63, 3.8) is 0 Å². The summed E-state index contributed by atoms with van der Waals surface area (Å²) in [4.78, 5) is 21.3. The molecule has 0 saturated carbocycles. The molecule has 3 heterocycles. The number of carbonyl (C=O) groups excluding carboxylic acids is 1. The van der Waals surface area contributed by atoms with Crippen LogP contribution in [0.1, 0.15) is 53.4 Å². The van der Waals surface area contributed by atoms with Gasteiger partial charge in [0.25, 0.3) is 0 Å². The maximum Gasteiger partial charge on any atom is 0.410 e. The first-order valence-electron chi connectivity index (χ1n) is 11.6. The predicted octanol–water partition coefficient (Wildman–Crippen LogP) is 2.48. The monoisotopic (exact) mass is 424 g/mol. The second-order valence-electron chi connectivity index (χ2n) is 9.51. The Morgan fingerprint density at radius 2 is 1.80 bits per heavy atom. The van der Waals surface area contributed by atoms with Gasteiger partial charge in [0.15, 0.2) is 5.96 Å². The number of nitrogens with one attached hydrogen (secondary N) is 1. The van der Waals surface area contributed by atoms with Gasteiger partial charge in [-0.25, -0.2) is 4.79 Å².